The molecule has 1 unspecified atom stereocenters. The maximum absolute atomic E-state index is 14.7. The Hall–Kier alpha value is -3.38. The number of allylic oxidation sites excluding steroid dienone is 4. The Kier molecular flexibility index (Phi) is 6.26. The molecule has 0 N–H and O–H groups in total. The van der Waals surface area contributed by atoms with E-state index in [4.69, 9.17) is 14.7 Å². The number of hydrogen-bond acceptors (Lipinski definition) is 5. The number of thiophene rings is 1. The first-order valence-corrected chi connectivity index (χ1v) is 12.0. The van der Waals surface area contributed by atoms with Gasteiger partial charge in [0.05, 0.1) is 5.52 Å². The van der Waals surface area contributed by atoms with Crippen LogP contribution in [0.1, 0.15) is 43.2 Å². The molecule has 4 nitrogen and oxygen atoms in total. The Morgan fingerprint density at radius 2 is 1.94 bits per heavy atom. The zero-order chi connectivity index (χ0) is 22.6. The van der Waals surface area contributed by atoms with Gasteiger partial charge in [-0.05, 0) is 53.1 Å². The summed E-state index contributed by atoms with van der Waals surface area (Å²) in [5, 5.41) is 2.06. The van der Waals surface area contributed by atoms with E-state index >= 15 is 0 Å². The second-order valence-electron chi connectivity index (χ2n) is 8.05. The molecule has 3 aromatic heterocycles. The number of ether oxygens (including phenoxy) is 1. The molecule has 0 fully saturated rings. The van der Waals surface area contributed by atoms with Gasteiger partial charge in [-0.15, -0.1) is 11.3 Å². The molecule has 33 heavy (non-hydrogen) atoms. The fourth-order valence-corrected chi connectivity index (χ4v) is 5.04. The first kappa shape index (κ1) is 21.5. The monoisotopic (exact) mass is 457 g/mol. The van der Waals surface area contributed by atoms with Gasteiger partial charge in [0.25, 0.3) is 0 Å². The molecule has 0 saturated heterocycles. The number of halogens is 1. The maximum atomic E-state index is 14.7. The molecule has 0 bridgehead atoms. The average molecular weight is 458 g/mol. The van der Waals surface area contributed by atoms with Crippen LogP contribution in [0.2, 0.25) is 0 Å². The van der Waals surface area contributed by atoms with E-state index in [0.29, 0.717) is 24.0 Å². The highest BCUT2D eigenvalue weighted by molar-refractivity contribution is 7.17. The number of benzene rings is 1. The van der Waals surface area contributed by atoms with Crippen molar-refractivity contribution in [2.24, 2.45) is 0 Å². The summed E-state index contributed by atoms with van der Waals surface area (Å²) >= 11 is 1.54. The second-order valence-corrected chi connectivity index (χ2v) is 8.93. The van der Waals surface area contributed by atoms with E-state index in [2.05, 4.69) is 17.3 Å². The highest BCUT2D eigenvalue weighted by Gasteiger charge is 2.23. The molecule has 0 spiro atoms. The number of pyridine rings is 1. The third-order valence-corrected chi connectivity index (χ3v) is 6.69. The van der Waals surface area contributed by atoms with Crippen LogP contribution in [0, 0.1) is 0 Å². The maximum Gasteiger partial charge on any atom is 0.235 e. The summed E-state index contributed by atoms with van der Waals surface area (Å²) in [5.74, 6) is 0.858. The zero-order valence-corrected chi connectivity index (χ0v) is 19.2. The van der Waals surface area contributed by atoms with Crippen LogP contribution in [0.5, 0.6) is 5.88 Å². The fraction of sp³-hybridized carbons (Fsp3) is 0.222. The van der Waals surface area contributed by atoms with Crippen molar-refractivity contribution in [2.45, 2.75) is 38.7 Å². The summed E-state index contributed by atoms with van der Waals surface area (Å²) < 4.78 is 21.8. The van der Waals surface area contributed by atoms with Crippen molar-refractivity contribution in [1.82, 2.24) is 15.0 Å². The molecule has 6 heteroatoms. The lowest BCUT2D eigenvalue weighted by atomic mass is 9.89. The molecule has 0 radical (unpaired) electrons. The quantitative estimate of drug-likeness (QED) is 0.290. The first-order chi connectivity index (χ1) is 16.2. The van der Waals surface area contributed by atoms with Crippen LogP contribution in [0.25, 0.3) is 21.7 Å². The minimum absolute atomic E-state index is 0.0622. The van der Waals surface area contributed by atoms with Gasteiger partial charge in [0, 0.05) is 12.1 Å². The van der Waals surface area contributed by atoms with Gasteiger partial charge in [-0.3, -0.25) is 4.98 Å². The Labute approximate surface area is 196 Å². The third-order valence-electron chi connectivity index (χ3n) is 5.72. The molecular formula is C27H24FN3OS. The lowest BCUT2D eigenvalue weighted by Crippen LogP contribution is -2.04. The highest BCUT2D eigenvalue weighted by Crippen LogP contribution is 2.41. The minimum atomic E-state index is -0.119. The van der Waals surface area contributed by atoms with E-state index in [9.17, 15) is 4.39 Å². The molecule has 1 aliphatic rings. The Balaban J connectivity index is 1.55. The molecule has 0 saturated carbocycles. The van der Waals surface area contributed by atoms with Crippen molar-refractivity contribution in [2.75, 3.05) is 0 Å². The van der Waals surface area contributed by atoms with Crippen molar-refractivity contribution in [1.29, 1.82) is 0 Å². The van der Waals surface area contributed by atoms with Gasteiger partial charge >= 0.3 is 0 Å². The molecule has 3 heterocycles. The van der Waals surface area contributed by atoms with Crippen molar-refractivity contribution in [3.05, 3.63) is 94.8 Å². The predicted molar refractivity (Wildman–Crippen MR) is 131 cm³/mol. The SMILES string of the molecule is CCCC1=CCC(c2csc3c(OCc4ccccc4)nc(-c4ccccn4)nc23)C=C1F. The van der Waals surface area contributed by atoms with Gasteiger partial charge in [0.2, 0.25) is 5.88 Å². The number of aromatic nitrogens is 3. The summed E-state index contributed by atoms with van der Waals surface area (Å²) in [5.41, 5.74) is 4.35. The van der Waals surface area contributed by atoms with Gasteiger partial charge in [0.15, 0.2) is 5.82 Å². The third kappa shape index (κ3) is 4.57. The van der Waals surface area contributed by atoms with E-state index in [1.165, 1.54) is 0 Å². The van der Waals surface area contributed by atoms with Crippen molar-refractivity contribution in [3.63, 3.8) is 0 Å². The fourth-order valence-electron chi connectivity index (χ4n) is 4.03. The van der Waals surface area contributed by atoms with Gasteiger partial charge in [-0.25, -0.2) is 9.37 Å². The molecule has 1 aliphatic carbocycles. The zero-order valence-electron chi connectivity index (χ0n) is 18.4. The smallest absolute Gasteiger partial charge is 0.235 e. The van der Waals surface area contributed by atoms with Crippen molar-refractivity contribution in [3.8, 4) is 17.4 Å². The van der Waals surface area contributed by atoms with Crippen LogP contribution < -0.4 is 4.74 Å². The molecule has 5 rings (SSSR count). The molecule has 0 aliphatic heterocycles. The molecule has 4 aromatic rings. The number of fused-ring (bicyclic) bond motifs is 1. The topological polar surface area (TPSA) is 47.9 Å². The normalized spacial score (nSPS) is 15.9. The number of hydrogen-bond donors (Lipinski definition) is 0. The molecule has 1 aromatic carbocycles. The summed E-state index contributed by atoms with van der Waals surface area (Å²) in [6.45, 7) is 2.47. The van der Waals surface area contributed by atoms with Crippen LogP contribution in [0.4, 0.5) is 4.39 Å². The van der Waals surface area contributed by atoms with E-state index in [-0.39, 0.29) is 11.7 Å². The minimum Gasteiger partial charge on any atom is -0.472 e. The van der Waals surface area contributed by atoms with E-state index in [1.807, 2.05) is 54.6 Å². The molecule has 0 amide bonds. The van der Waals surface area contributed by atoms with Gasteiger partial charge < -0.3 is 4.74 Å². The summed E-state index contributed by atoms with van der Waals surface area (Å²) in [6, 6.07) is 15.7. The molecule has 1 atom stereocenters. The lowest BCUT2D eigenvalue weighted by Gasteiger charge is -2.17. The number of nitrogens with zero attached hydrogens (tertiary/aromatic N) is 3. The van der Waals surface area contributed by atoms with E-state index in [1.54, 1.807) is 23.6 Å². The summed E-state index contributed by atoms with van der Waals surface area (Å²) in [6.07, 6.45) is 7.95. The van der Waals surface area contributed by atoms with Crippen LogP contribution in [-0.2, 0) is 6.61 Å². The average Bonchev–Trinajstić information content (AvgIpc) is 3.29. The van der Waals surface area contributed by atoms with Crippen molar-refractivity contribution < 1.29 is 9.13 Å². The highest BCUT2D eigenvalue weighted by atomic mass is 32.1. The molecular weight excluding hydrogens is 433 g/mol. The van der Waals surface area contributed by atoms with Crippen LogP contribution in [0.15, 0.2) is 83.7 Å². The Morgan fingerprint density at radius 1 is 1.09 bits per heavy atom. The molecule has 166 valence electrons. The lowest BCUT2D eigenvalue weighted by molar-refractivity contribution is 0.298. The van der Waals surface area contributed by atoms with Crippen LogP contribution in [-0.4, -0.2) is 15.0 Å². The van der Waals surface area contributed by atoms with E-state index in [0.717, 1.165) is 46.2 Å². The standard InChI is InChI=1S/C27H24FN3OS/c1-2-8-19-12-13-20(15-22(19)28)21-17-33-25-24(21)30-26(23-11-6-7-14-29-23)31-27(25)32-16-18-9-4-3-5-10-18/h3-7,9-12,14-15,17,20H,2,8,13,16H2,1H3. The number of rotatable bonds is 7. The summed E-state index contributed by atoms with van der Waals surface area (Å²) in [4.78, 5) is 14.0. The second kappa shape index (κ2) is 9.63. The van der Waals surface area contributed by atoms with Gasteiger partial charge in [-0.1, -0.05) is 55.8 Å². The van der Waals surface area contributed by atoms with Crippen LogP contribution in [0.3, 0.4) is 0 Å². The Morgan fingerprint density at radius 3 is 2.70 bits per heavy atom. The van der Waals surface area contributed by atoms with Gasteiger partial charge in [0.1, 0.15) is 22.8 Å². The van der Waals surface area contributed by atoms with Crippen LogP contribution >= 0.6 is 11.3 Å². The first-order valence-electron chi connectivity index (χ1n) is 11.2. The van der Waals surface area contributed by atoms with E-state index < -0.39 is 0 Å². The largest absolute Gasteiger partial charge is 0.472 e. The Bertz CT molecular complexity index is 1320. The van der Waals surface area contributed by atoms with Crippen molar-refractivity contribution >= 4 is 21.6 Å². The van der Waals surface area contributed by atoms with Gasteiger partial charge in [-0.2, -0.15) is 4.98 Å². The summed E-state index contributed by atoms with van der Waals surface area (Å²) in [7, 11) is 0. The predicted octanol–water partition coefficient (Wildman–Crippen LogP) is 7.40.